The van der Waals surface area contributed by atoms with Gasteiger partial charge in [-0.05, 0) is 85.5 Å². The van der Waals surface area contributed by atoms with Crippen molar-refractivity contribution in [2.24, 2.45) is 0 Å². The predicted octanol–water partition coefficient (Wildman–Crippen LogP) is 14.3. The third-order valence-corrected chi connectivity index (χ3v) is 19.0. The molecule has 0 saturated heterocycles. The molecular weight excluding hydrogens is 849 g/mol. The summed E-state index contributed by atoms with van der Waals surface area (Å²) in [5.41, 5.74) is 14.2. The molecule has 2 nitrogen and oxygen atoms in total. The van der Waals surface area contributed by atoms with Gasteiger partial charge in [0.1, 0.15) is 0 Å². The molecule has 0 bridgehead atoms. The van der Waals surface area contributed by atoms with Crippen molar-refractivity contribution < 1.29 is 0 Å². The predicted molar refractivity (Wildman–Crippen MR) is 295 cm³/mol. The highest BCUT2D eigenvalue weighted by atomic mass is 28.3. The highest BCUT2D eigenvalue weighted by Gasteiger charge is 2.42. The van der Waals surface area contributed by atoms with Crippen molar-refractivity contribution in [3.8, 4) is 44.8 Å². The molecule has 11 aromatic carbocycles. The minimum Gasteiger partial charge on any atom is -0.309 e. The summed E-state index contributed by atoms with van der Waals surface area (Å²) in [5.74, 6) is 0. The van der Waals surface area contributed by atoms with Crippen molar-refractivity contribution >= 4 is 72.4 Å². The van der Waals surface area contributed by atoms with Gasteiger partial charge < -0.3 is 9.13 Å². The topological polar surface area (TPSA) is 9.86 Å². The molecule has 0 N–H and O–H groups in total. The van der Waals surface area contributed by atoms with Crippen LogP contribution in [0, 0.1) is 0 Å². The molecule has 13 aromatic rings. The van der Waals surface area contributed by atoms with Gasteiger partial charge in [-0.2, -0.15) is 0 Å². The van der Waals surface area contributed by atoms with Gasteiger partial charge in [-0.3, -0.25) is 0 Å². The lowest BCUT2D eigenvalue weighted by Gasteiger charge is -2.36. The molecule has 0 amide bonds. The fraction of sp³-hybridized carbons (Fsp3) is 0. The molecule has 0 aliphatic rings. The maximum absolute atomic E-state index is 2.96. The molecule has 0 spiro atoms. The summed E-state index contributed by atoms with van der Waals surface area (Å²) in [5, 5.41) is 10.3. The van der Waals surface area contributed by atoms with Gasteiger partial charge in [0.15, 0.2) is 8.07 Å². The zero-order valence-corrected chi connectivity index (χ0v) is 39.0. The Labute approximate surface area is 403 Å². The van der Waals surface area contributed by atoms with Crippen LogP contribution in [0.25, 0.3) is 88.4 Å². The van der Waals surface area contributed by atoms with E-state index in [0.717, 1.165) is 5.69 Å². The number of benzene rings is 11. The molecule has 0 unspecified atom stereocenters. The Bertz CT molecular complexity index is 3780. The Morgan fingerprint density at radius 1 is 0.232 bits per heavy atom. The molecular formula is C66H46N2Si. The third-order valence-electron chi connectivity index (χ3n) is 14.2. The molecule has 0 aliphatic heterocycles. The summed E-state index contributed by atoms with van der Waals surface area (Å²) in [6.45, 7) is 0. The molecule has 0 radical (unpaired) electrons. The Morgan fingerprint density at radius 2 is 0.609 bits per heavy atom. The van der Waals surface area contributed by atoms with Crippen molar-refractivity contribution in [3.63, 3.8) is 0 Å². The van der Waals surface area contributed by atoms with Gasteiger partial charge in [0.25, 0.3) is 0 Å². The van der Waals surface area contributed by atoms with E-state index in [2.05, 4.69) is 288 Å². The monoisotopic (exact) mass is 894 g/mol. The fourth-order valence-corrected chi connectivity index (χ4v) is 16.0. The number of nitrogens with zero attached hydrogens (tertiary/aromatic N) is 2. The summed E-state index contributed by atoms with van der Waals surface area (Å²) >= 11 is 0. The highest BCUT2D eigenvalue weighted by Crippen LogP contribution is 2.43. The number of hydrogen-bond donors (Lipinski definition) is 0. The molecule has 69 heavy (non-hydrogen) atoms. The van der Waals surface area contributed by atoms with Crippen LogP contribution in [-0.2, 0) is 0 Å². The summed E-state index contributed by atoms with van der Waals surface area (Å²) in [6, 6.07) is 104. The summed E-state index contributed by atoms with van der Waals surface area (Å²) in [7, 11) is -2.96. The standard InChI is InChI=1S/C66H46N2Si/c1-6-23-47(24-7-1)59-45-55(69(52-29-10-3-11-30-52,53-31-12-4-13-32-53)54-33-14-5-15-34-54)46-60(48-25-8-2-9-26-48)66(59)68-64-40-21-18-37-58(64)61-44-50(41-42-65(61)68)49-27-22-28-51(43-49)67-62-38-19-16-35-56(62)57-36-17-20-39-63(57)67/h1-46H. The van der Waals surface area contributed by atoms with Gasteiger partial charge >= 0.3 is 0 Å². The maximum atomic E-state index is 2.55. The van der Waals surface area contributed by atoms with Crippen molar-refractivity contribution in [1.29, 1.82) is 0 Å². The summed E-state index contributed by atoms with van der Waals surface area (Å²) in [6.07, 6.45) is 0. The average Bonchev–Trinajstić information content (AvgIpc) is 3.95. The second-order valence-electron chi connectivity index (χ2n) is 18.0. The normalized spacial score (nSPS) is 11.8. The van der Waals surface area contributed by atoms with Gasteiger partial charge in [0, 0.05) is 38.4 Å². The van der Waals surface area contributed by atoms with E-state index in [9.17, 15) is 0 Å². The van der Waals surface area contributed by atoms with E-state index in [1.54, 1.807) is 0 Å². The van der Waals surface area contributed by atoms with Crippen LogP contribution in [0.2, 0.25) is 0 Å². The number of aromatic nitrogens is 2. The van der Waals surface area contributed by atoms with Crippen LogP contribution in [0.1, 0.15) is 0 Å². The van der Waals surface area contributed by atoms with Crippen molar-refractivity contribution in [2.45, 2.75) is 0 Å². The van der Waals surface area contributed by atoms with Crippen LogP contribution in [0.5, 0.6) is 0 Å². The van der Waals surface area contributed by atoms with Gasteiger partial charge in [-0.1, -0.05) is 237 Å². The number of hydrogen-bond acceptors (Lipinski definition) is 0. The first-order valence-corrected chi connectivity index (χ1v) is 25.8. The van der Waals surface area contributed by atoms with Crippen molar-refractivity contribution in [2.75, 3.05) is 0 Å². The Balaban J connectivity index is 1.09. The number of fused-ring (bicyclic) bond motifs is 6. The summed E-state index contributed by atoms with van der Waals surface area (Å²) in [4.78, 5) is 0. The van der Waals surface area contributed by atoms with Crippen LogP contribution in [-0.4, -0.2) is 17.2 Å². The molecule has 0 atom stereocenters. The van der Waals surface area contributed by atoms with Crippen LogP contribution in [0.4, 0.5) is 0 Å². The minimum atomic E-state index is -2.96. The van der Waals surface area contributed by atoms with Crippen LogP contribution >= 0.6 is 0 Å². The number of para-hydroxylation sites is 3. The van der Waals surface area contributed by atoms with E-state index >= 15 is 0 Å². The van der Waals surface area contributed by atoms with E-state index in [4.69, 9.17) is 0 Å². The Morgan fingerprint density at radius 3 is 1.10 bits per heavy atom. The maximum Gasteiger partial charge on any atom is 0.179 e. The van der Waals surface area contributed by atoms with Crippen LogP contribution in [0.3, 0.4) is 0 Å². The second-order valence-corrected chi connectivity index (χ2v) is 21.8. The highest BCUT2D eigenvalue weighted by molar-refractivity contribution is 7.20. The third kappa shape index (κ3) is 6.62. The largest absolute Gasteiger partial charge is 0.309 e. The van der Waals surface area contributed by atoms with Gasteiger partial charge in [0.05, 0.1) is 27.8 Å². The van der Waals surface area contributed by atoms with Crippen LogP contribution < -0.4 is 20.7 Å². The van der Waals surface area contributed by atoms with E-state index in [0.29, 0.717) is 0 Å². The molecule has 0 fully saturated rings. The minimum absolute atomic E-state index is 1.15. The lowest BCUT2D eigenvalue weighted by atomic mass is 9.95. The molecule has 3 heteroatoms. The molecule has 0 saturated carbocycles. The Kier molecular flexibility index (Phi) is 9.88. The van der Waals surface area contributed by atoms with E-state index in [1.807, 2.05) is 0 Å². The molecule has 324 valence electrons. The molecule has 2 aromatic heterocycles. The lowest BCUT2D eigenvalue weighted by molar-refractivity contribution is 1.18. The SMILES string of the molecule is c1ccc(-c2cc([Si](c3ccccc3)(c3ccccc3)c3ccccc3)cc(-c3ccccc3)c2-n2c3ccccc3c3cc(-c4cccc(-n5c6ccccc6c6ccccc65)c4)ccc32)cc1. The zero-order valence-electron chi connectivity index (χ0n) is 38.0. The van der Waals surface area contributed by atoms with Crippen molar-refractivity contribution in [1.82, 2.24) is 9.13 Å². The van der Waals surface area contributed by atoms with Crippen molar-refractivity contribution in [3.05, 3.63) is 279 Å². The van der Waals surface area contributed by atoms with E-state index < -0.39 is 8.07 Å². The second kappa shape index (κ2) is 16.8. The van der Waals surface area contributed by atoms with E-state index in [1.165, 1.54) is 103 Å². The molecule has 0 aliphatic carbocycles. The average molecular weight is 895 g/mol. The zero-order chi connectivity index (χ0) is 45.7. The van der Waals surface area contributed by atoms with Gasteiger partial charge in [-0.15, -0.1) is 0 Å². The molecule has 13 rings (SSSR count). The Hall–Kier alpha value is -8.76. The first-order valence-electron chi connectivity index (χ1n) is 23.8. The first-order chi connectivity index (χ1) is 34.3. The quantitative estimate of drug-likeness (QED) is 0.101. The lowest BCUT2D eigenvalue weighted by Crippen LogP contribution is -2.74. The summed E-state index contributed by atoms with van der Waals surface area (Å²) < 4.78 is 4.96. The van der Waals surface area contributed by atoms with Gasteiger partial charge in [0.2, 0.25) is 0 Å². The van der Waals surface area contributed by atoms with Crippen LogP contribution in [0.15, 0.2) is 279 Å². The van der Waals surface area contributed by atoms with Gasteiger partial charge in [-0.25, -0.2) is 0 Å². The number of rotatable bonds is 9. The first kappa shape index (κ1) is 40.5. The van der Waals surface area contributed by atoms with E-state index in [-0.39, 0.29) is 0 Å². The fourth-order valence-electron chi connectivity index (χ4n) is 11.3. The molecule has 2 heterocycles. The smallest absolute Gasteiger partial charge is 0.179 e.